The molecule has 0 bridgehead atoms. The van der Waals surface area contributed by atoms with E-state index in [-0.39, 0.29) is 30.2 Å². The Morgan fingerprint density at radius 2 is 2.00 bits per heavy atom. The van der Waals surface area contributed by atoms with Gasteiger partial charge in [0.05, 0.1) is 31.3 Å². The molecule has 0 saturated carbocycles. The first-order valence-corrected chi connectivity index (χ1v) is 10.1. The monoisotopic (exact) mass is 420 g/mol. The predicted octanol–water partition coefficient (Wildman–Crippen LogP) is 2.64. The summed E-state index contributed by atoms with van der Waals surface area (Å²) in [6, 6.07) is 1.88. The number of carbonyl (C=O) groups excluding carboxylic acids is 2. The van der Waals surface area contributed by atoms with Gasteiger partial charge < -0.3 is 29.8 Å². The summed E-state index contributed by atoms with van der Waals surface area (Å²) in [5, 5.41) is 15.9. The summed E-state index contributed by atoms with van der Waals surface area (Å²) < 4.78 is 11.9. The third-order valence-corrected chi connectivity index (χ3v) is 4.63. The molecular formula is C21H32N4O5. The Kier molecular flexibility index (Phi) is 8.61. The minimum atomic E-state index is -0.563. The predicted molar refractivity (Wildman–Crippen MR) is 116 cm³/mol. The number of hydrogen-bond acceptors (Lipinski definition) is 7. The van der Waals surface area contributed by atoms with Crippen molar-refractivity contribution in [2.75, 3.05) is 38.1 Å². The maximum atomic E-state index is 12.6. The molecule has 0 saturated heterocycles. The van der Waals surface area contributed by atoms with Crippen molar-refractivity contribution in [3.63, 3.8) is 0 Å². The molecule has 0 fully saturated rings. The lowest BCUT2D eigenvalue weighted by atomic mass is 10.1. The van der Waals surface area contributed by atoms with Gasteiger partial charge >= 0.3 is 5.97 Å². The third-order valence-electron chi connectivity index (χ3n) is 4.63. The van der Waals surface area contributed by atoms with Crippen molar-refractivity contribution >= 4 is 34.3 Å². The molecule has 0 aliphatic heterocycles. The van der Waals surface area contributed by atoms with E-state index >= 15 is 0 Å². The van der Waals surface area contributed by atoms with Gasteiger partial charge in [0.1, 0.15) is 5.65 Å². The summed E-state index contributed by atoms with van der Waals surface area (Å²) in [6.45, 7) is 6.67. The molecule has 0 aromatic carbocycles. The first-order chi connectivity index (χ1) is 14.3. The zero-order valence-corrected chi connectivity index (χ0v) is 18.3. The molecular weight excluding hydrogens is 388 g/mol. The van der Waals surface area contributed by atoms with E-state index in [2.05, 4.69) is 15.6 Å². The molecule has 0 aliphatic carbocycles. The van der Waals surface area contributed by atoms with Gasteiger partial charge in [0.2, 0.25) is 5.91 Å². The molecule has 9 nitrogen and oxygen atoms in total. The van der Waals surface area contributed by atoms with Crippen molar-refractivity contribution in [3.8, 4) is 0 Å². The molecule has 2 aromatic rings. The lowest BCUT2D eigenvalue weighted by Gasteiger charge is -2.14. The molecule has 3 N–H and O–H groups in total. The van der Waals surface area contributed by atoms with Crippen molar-refractivity contribution in [3.05, 3.63) is 18.0 Å². The molecule has 0 unspecified atom stereocenters. The van der Waals surface area contributed by atoms with Gasteiger partial charge in [-0.3, -0.25) is 4.79 Å². The van der Waals surface area contributed by atoms with E-state index in [0.717, 1.165) is 5.69 Å². The number of pyridine rings is 1. The van der Waals surface area contributed by atoms with E-state index in [1.165, 1.54) is 7.11 Å². The summed E-state index contributed by atoms with van der Waals surface area (Å²) in [4.78, 5) is 29.7. The van der Waals surface area contributed by atoms with E-state index < -0.39 is 5.97 Å². The van der Waals surface area contributed by atoms with Crippen molar-refractivity contribution in [1.29, 1.82) is 0 Å². The number of ether oxygens (including phenoxy) is 2. The van der Waals surface area contributed by atoms with Crippen LogP contribution in [-0.2, 0) is 20.8 Å². The highest BCUT2D eigenvalue weighted by Crippen LogP contribution is 2.33. The van der Waals surface area contributed by atoms with Gasteiger partial charge in [-0.1, -0.05) is 13.8 Å². The van der Waals surface area contributed by atoms with Gasteiger partial charge in [-0.05, 0) is 25.3 Å². The second-order valence-electron chi connectivity index (χ2n) is 7.66. The number of rotatable bonds is 11. The molecule has 0 aliphatic rings. The van der Waals surface area contributed by atoms with E-state index in [1.54, 1.807) is 17.9 Å². The Balaban J connectivity index is 2.61. The SMILES string of the molecule is COCCn1c(C(=O)OC)c(NC(=O)CC(C)C)c2cc(N[C@H](C)CCO)cnc21. The third kappa shape index (κ3) is 5.70. The largest absolute Gasteiger partial charge is 0.464 e. The number of nitrogens with zero attached hydrogens (tertiary/aromatic N) is 2. The highest BCUT2D eigenvalue weighted by molar-refractivity contribution is 6.11. The van der Waals surface area contributed by atoms with Crippen LogP contribution in [-0.4, -0.2) is 60.0 Å². The summed E-state index contributed by atoms with van der Waals surface area (Å²) in [6.07, 6.45) is 2.57. The highest BCUT2D eigenvalue weighted by Gasteiger charge is 2.26. The van der Waals surface area contributed by atoms with Crippen LogP contribution in [0.1, 0.15) is 44.1 Å². The quantitative estimate of drug-likeness (QED) is 0.479. The number of hydrogen-bond donors (Lipinski definition) is 3. The number of carbonyl (C=O) groups is 2. The van der Waals surface area contributed by atoms with Crippen LogP contribution in [0, 0.1) is 5.92 Å². The molecule has 2 heterocycles. The second kappa shape index (κ2) is 10.9. The first kappa shape index (κ1) is 23.6. The summed E-state index contributed by atoms with van der Waals surface area (Å²) in [7, 11) is 2.88. The minimum absolute atomic E-state index is 0.0314. The number of nitrogens with one attached hydrogen (secondary N) is 2. The van der Waals surface area contributed by atoms with E-state index in [0.29, 0.717) is 42.7 Å². The average Bonchev–Trinajstić information content (AvgIpc) is 2.98. The lowest BCUT2D eigenvalue weighted by molar-refractivity contribution is -0.116. The van der Waals surface area contributed by atoms with Gasteiger partial charge in [-0.25, -0.2) is 9.78 Å². The molecule has 1 amide bonds. The lowest BCUT2D eigenvalue weighted by Crippen LogP contribution is -2.19. The molecule has 0 radical (unpaired) electrons. The molecule has 2 rings (SSSR count). The van der Waals surface area contributed by atoms with Crippen LogP contribution in [0.15, 0.2) is 12.3 Å². The molecule has 9 heteroatoms. The zero-order valence-electron chi connectivity index (χ0n) is 18.3. The number of esters is 1. The summed E-state index contributed by atoms with van der Waals surface area (Å²) in [5.41, 5.74) is 1.88. The maximum absolute atomic E-state index is 12.6. The summed E-state index contributed by atoms with van der Waals surface area (Å²) >= 11 is 0. The highest BCUT2D eigenvalue weighted by atomic mass is 16.5. The number of fused-ring (bicyclic) bond motifs is 1. The minimum Gasteiger partial charge on any atom is -0.464 e. The molecule has 0 spiro atoms. The van der Waals surface area contributed by atoms with Crippen molar-refractivity contribution in [2.45, 2.75) is 46.2 Å². The Morgan fingerprint density at radius 1 is 1.27 bits per heavy atom. The fourth-order valence-electron chi connectivity index (χ4n) is 3.25. The van der Waals surface area contributed by atoms with Crippen LogP contribution in [0.4, 0.5) is 11.4 Å². The number of methoxy groups -OCH3 is 2. The van der Waals surface area contributed by atoms with Crippen LogP contribution in [0.3, 0.4) is 0 Å². The van der Waals surface area contributed by atoms with Crippen LogP contribution < -0.4 is 10.6 Å². The number of aliphatic hydroxyl groups excluding tert-OH is 1. The Labute approximate surface area is 176 Å². The fraction of sp³-hybridized carbons (Fsp3) is 0.571. The van der Waals surface area contributed by atoms with Crippen molar-refractivity contribution in [1.82, 2.24) is 9.55 Å². The van der Waals surface area contributed by atoms with Crippen LogP contribution in [0.5, 0.6) is 0 Å². The van der Waals surface area contributed by atoms with Gasteiger partial charge in [0.25, 0.3) is 0 Å². The van der Waals surface area contributed by atoms with Gasteiger partial charge in [0.15, 0.2) is 5.69 Å². The standard InChI is InChI=1S/C21H32N4O5/c1-13(2)10-17(27)24-18-16-11-15(23-14(3)6-8-26)12-22-20(16)25(7-9-29-4)19(18)21(28)30-5/h11-14,23,26H,6-10H2,1-5H3,(H,24,27)/t14-/m1/s1. The molecule has 30 heavy (non-hydrogen) atoms. The van der Waals surface area contributed by atoms with Crippen LogP contribution >= 0.6 is 0 Å². The van der Waals surface area contributed by atoms with E-state index in [4.69, 9.17) is 14.6 Å². The average molecular weight is 421 g/mol. The number of aromatic nitrogens is 2. The second-order valence-corrected chi connectivity index (χ2v) is 7.66. The molecule has 2 aromatic heterocycles. The topological polar surface area (TPSA) is 115 Å². The first-order valence-electron chi connectivity index (χ1n) is 10.1. The Hall–Kier alpha value is -2.65. The van der Waals surface area contributed by atoms with Crippen LogP contribution in [0.2, 0.25) is 0 Å². The zero-order chi connectivity index (χ0) is 22.3. The number of anilines is 2. The normalized spacial score (nSPS) is 12.2. The van der Waals surface area contributed by atoms with Crippen molar-refractivity contribution in [2.24, 2.45) is 5.92 Å². The van der Waals surface area contributed by atoms with Gasteiger partial charge in [0, 0.05) is 38.1 Å². The smallest absolute Gasteiger partial charge is 0.356 e. The van der Waals surface area contributed by atoms with Crippen LogP contribution in [0.25, 0.3) is 11.0 Å². The number of aliphatic hydroxyl groups is 1. The van der Waals surface area contributed by atoms with Crippen molar-refractivity contribution < 1.29 is 24.2 Å². The Bertz CT molecular complexity index is 878. The molecule has 1 atom stereocenters. The fourth-order valence-corrected chi connectivity index (χ4v) is 3.25. The maximum Gasteiger partial charge on any atom is 0.356 e. The van der Waals surface area contributed by atoms with Gasteiger partial charge in [-0.2, -0.15) is 0 Å². The van der Waals surface area contributed by atoms with E-state index in [9.17, 15) is 9.59 Å². The number of amides is 1. The van der Waals surface area contributed by atoms with Gasteiger partial charge in [-0.15, -0.1) is 0 Å². The summed E-state index contributed by atoms with van der Waals surface area (Å²) in [5.74, 6) is -0.580. The molecule has 166 valence electrons. The van der Waals surface area contributed by atoms with E-state index in [1.807, 2.05) is 26.8 Å². The Morgan fingerprint density at radius 3 is 2.60 bits per heavy atom.